The zero-order chi connectivity index (χ0) is 18.2. The number of imide groups is 1. The van der Waals surface area contributed by atoms with Crippen LogP contribution in [0.1, 0.15) is 42.7 Å². The monoisotopic (exact) mass is 364 g/mol. The first-order valence-corrected chi connectivity index (χ1v) is 8.67. The predicted octanol–water partition coefficient (Wildman–Crippen LogP) is 0.901. The minimum atomic E-state index is -0.646. The number of ether oxygens (including phenoxy) is 2. The van der Waals surface area contributed by atoms with Gasteiger partial charge in [0.25, 0.3) is 0 Å². The van der Waals surface area contributed by atoms with Crippen LogP contribution in [0.5, 0.6) is 0 Å². The number of esters is 2. The summed E-state index contributed by atoms with van der Waals surface area (Å²) in [5.41, 5.74) is 1.42. The van der Waals surface area contributed by atoms with Gasteiger partial charge in [-0.15, -0.1) is 11.8 Å². The molecule has 4 rings (SSSR count). The van der Waals surface area contributed by atoms with Gasteiger partial charge in [0.2, 0.25) is 11.8 Å². The molecule has 1 aromatic heterocycles. The first-order chi connectivity index (χ1) is 11.8. The molecular formula is C16H16N2O6S. The van der Waals surface area contributed by atoms with Crippen molar-refractivity contribution in [1.82, 2.24) is 9.47 Å². The Balaban J connectivity index is 1.96. The van der Waals surface area contributed by atoms with Gasteiger partial charge >= 0.3 is 11.9 Å². The van der Waals surface area contributed by atoms with E-state index >= 15 is 0 Å². The molecule has 0 unspecified atom stereocenters. The van der Waals surface area contributed by atoms with Crippen LogP contribution in [-0.2, 0) is 19.1 Å². The number of amides is 2. The van der Waals surface area contributed by atoms with Crippen LogP contribution < -0.4 is 0 Å². The van der Waals surface area contributed by atoms with Crippen LogP contribution in [0, 0.1) is 18.8 Å². The van der Waals surface area contributed by atoms with Crippen molar-refractivity contribution in [3.05, 3.63) is 22.5 Å². The Kier molecular flexibility index (Phi) is 3.31. The van der Waals surface area contributed by atoms with Crippen LogP contribution in [0.25, 0.3) is 0 Å². The van der Waals surface area contributed by atoms with Gasteiger partial charge in [-0.2, -0.15) is 0 Å². The third kappa shape index (κ3) is 1.74. The second kappa shape index (κ2) is 5.10. The fourth-order valence-electron chi connectivity index (χ4n) is 4.25. The fraction of sp³-hybridized carbons (Fsp3) is 0.500. The third-order valence-electron chi connectivity index (χ3n) is 5.33. The first kappa shape index (κ1) is 16.2. The summed E-state index contributed by atoms with van der Waals surface area (Å²) >= 11 is 1.49. The predicted molar refractivity (Wildman–Crippen MR) is 86.0 cm³/mol. The molecule has 2 saturated heterocycles. The fourth-order valence-corrected chi connectivity index (χ4v) is 6.22. The molecule has 0 N–H and O–H groups in total. The van der Waals surface area contributed by atoms with Crippen LogP contribution in [-0.4, -0.2) is 54.5 Å². The molecule has 0 aliphatic carbocycles. The van der Waals surface area contributed by atoms with Gasteiger partial charge in [0.1, 0.15) is 0 Å². The molecule has 25 heavy (non-hydrogen) atoms. The number of carbonyl (C=O) groups is 4. The smallest absolute Gasteiger partial charge is 0.340 e. The Bertz CT molecular complexity index is 859. The number of likely N-dealkylation sites (tertiary alicyclic amines) is 1. The van der Waals surface area contributed by atoms with Gasteiger partial charge in [0.15, 0.2) is 0 Å². The Morgan fingerprint density at radius 2 is 1.56 bits per heavy atom. The highest BCUT2D eigenvalue weighted by Gasteiger charge is 2.65. The van der Waals surface area contributed by atoms with Crippen molar-refractivity contribution in [3.63, 3.8) is 0 Å². The summed E-state index contributed by atoms with van der Waals surface area (Å²) < 4.78 is 11.5. The molecule has 8 nitrogen and oxygen atoms in total. The van der Waals surface area contributed by atoms with Crippen LogP contribution in [0.2, 0.25) is 0 Å². The Morgan fingerprint density at radius 3 is 2.16 bits per heavy atom. The number of nitrogens with zero attached hydrogens (tertiary/aromatic N) is 2. The molecule has 2 bridgehead atoms. The van der Waals surface area contributed by atoms with E-state index in [9.17, 15) is 19.2 Å². The molecule has 3 aliphatic rings. The van der Waals surface area contributed by atoms with E-state index in [1.54, 1.807) is 6.92 Å². The number of rotatable bonds is 2. The molecule has 9 heteroatoms. The van der Waals surface area contributed by atoms with Crippen LogP contribution in [0.4, 0.5) is 0 Å². The van der Waals surface area contributed by atoms with E-state index < -0.39 is 23.8 Å². The lowest BCUT2D eigenvalue weighted by molar-refractivity contribution is -0.138. The van der Waals surface area contributed by atoms with E-state index in [-0.39, 0.29) is 33.6 Å². The van der Waals surface area contributed by atoms with E-state index in [1.807, 2.05) is 4.57 Å². The van der Waals surface area contributed by atoms with Crippen molar-refractivity contribution >= 4 is 35.5 Å². The van der Waals surface area contributed by atoms with Gasteiger partial charge in [0.05, 0.1) is 47.8 Å². The molecule has 4 heterocycles. The highest BCUT2D eigenvalue weighted by atomic mass is 32.2. The van der Waals surface area contributed by atoms with Crippen molar-refractivity contribution in [3.8, 4) is 0 Å². The lowest BCUT2D eigenvalue weighted by Gasteiger charge is -2.23. The molecule has 0 aromatic carbocycles. The third-order valence-corrected chi connectivity index (χ3v) is 6.92. The molecule has 4 atom stereocenters. The molecular weight excluding hydrogens is 348 g/mol. The van der Waals surface area contributed by atoms with E-state index in [1.165, 1.54) is 33.0 Å². The maximum atomic E-state index is 12.5. The van der Waals surface area contributed by atoms with Crippen LogP contribution in [0.3, 0.4) is 0 Å². The minimum Gasteiger partial charge on any atom is -0.465 e. The van der Waals surface area contributed by atoms with E-state index in [2.05, 4.69) is 0 Å². The van der Waals surface area contributed by atoms with Gasteiger partial charge in [0, 0.05) is 18.4 Å². The van der Waals surface area contributed by atoms with Gasteiger partial charge in [-0.1, -0.05) is 0 Å². The summed E-state index contributed by atoms with van der Waals surface area (Å²) in [5.74, 6) is -2.72. The van der Waals surface area contributed by atoms with Crippen molar-refractivity contribution < 1.29 is 28.7 Å². The maximum absolute atomic E-state index is 12.5. The van der Waals surface area contributed by atoms with Crippen LogP contribution >= 0.6 is 11.8 Å². The summed E-state index contributed by atoms with van der Waals surface area (Å²) in [6.45, 7) is 1.71. The molecule has 0 spiro atoms. The van der Waals surface area contributed by atoms with Gasteiger partial charge < -0.3 is 14.0 Å². The Hall–Kier alpha value is -2.29. The molecule has 2 amide bonds. The van der Waals surface area contributed by atoms with E-state index in [4.69, 9.17) is 9.47 Å². The Morgan fingerprint density at radius 1 is 1.00 bits per heavy atom. The van der Waals surface area contributed by atoms with Crippen molar-refractivity contribution in [2.24, 2.45) is 11.8 Å². The lowest BCUT2D eigenvalue weighted by Crippen LogP contribution is -2.29. The normalized spacial score (nSPS) is 29.0. The van der Waals surface area contributed by atoms with E-state index in [0.29, 0.717) is 11.4 Å². The summed E-state index contributed by atoms with van der Waals surface area (Å²) in [5, 5.41) is -0.671. The second-order valence-electron chi connectivity index (χ2n) is 6.31. The lowest BCUT2D eigenvalue weighted by atomic mass is 9.86. The number of fused-ring (bicyclic) bond motifs is 8. The number of methoxy groups -OCH3 is 2. The second-order valence-corrected chi connectivity index (χ2v) is 7.57. The highest BCUT2D eigenvalue weighted by molar-refractivity contribution is 8.00. The number of aromatic nitrogens is 1. The number of hydrogen-bond donors (Lipinski definition) is 0. The summed E-state index contributed by atoms with van der Waals surface area (Å²) in [6.07, 6.45) is 0. The van der Waals surface area contributed by atoms with Gasteiger partial charge in [-0.3, -0.25) is 14.5 Å². The molecule has 0 radical (unpaired) electrons. The van der Waals surface area contributed by atoms with Gasteiger partial charge in [-0.05, 0) is 6.92 Å². The molecule has 1 aromatic rings. The minimum absolute atomic E-state index is 0.139. The van der Waals surface area contributed by atoms with Crippen molar-refractivity contribution in [2.75, 3.05) is 21.3 Å². The molecule has 3 aliphatic heterocycles. The molecule has 2 fully saturated rings. The largest absolute Gasteiger partial charge is 0.465 e. The molecule has 132 valence electrons. The topological polar surface area (TPSA) is 94.9 Å². The summed E-state index contributed by atoms with van der Waals surface area (Å²) in [7, 11) is 3.96. The van der Waals surface area contributed by atoms with Gasteiger partial charge in [-0.25, -0.2) is 9.59 Å². The SMILES string of the molecule is COC(=O)c1c(C(=O)OC)c2n(c1C)[C@H]1S[C@@H]2[C@@H]2C(=O)N(C)C(=O)[C@@H]21. The quantitative estimate of drug-likeness (QED) is 0.568. The summed E-state index contributed by atoms with van der Waals surface area (Å²) in [6, 6.07) is 0. The highest BCUT2D eigenvalue weighted by Crippen LogP contribution is 2.67. The average molecular weight is 364 g/mol. The number of carbonyl (C=O) groups excluding carboxylic acids is 4. The maximum Gasteiger partial charge on any atom is 0.340 e. The summed E-state index contributed by atoms with van der Waals surface area (Å²) in [4.78, 5) is 50.8. The molecule has 0 saturated carbocycles. The average Bonchev–Trinajstić information content (AvgIpc) is 3.30. The zero-order valence-corrected chi connectivity index (χ0v) is 14.9. The number of hydrogen-bond acceptors (Lipinski definition) is 7. The zero-order valence-electron chi connectivity index (χ0n) is 14.1. The standard InChI is InChI=1S/C16H16N2O6S/c1-5-6(15(21)23-3)7(16(22)24-4)10-11-8-9(14(25-11)18(5)10)13(20)17(2)12(8)19/h8-9,11,14H,1-4H3/t8-,9-,11-,14+/m1/s1. The Labute approximate surface area is 147 Å². The number of thioether (sulfide) groups is 1. The van der Waals surface area contributed by atoms with Crippen molar-refractivity contribution in [1.29, 1.82) is 0 Å². The van der Waals surface area contributed by atoms with E-state index in [0.717, 1.165) is 4.90 Å². The first-order valence-electron chi connectivity index (χ1n) is 7.73. The van der Waals surface area contributed by atoms with Crippen LogP contribution in [0.15, 0.2) is 0 Å². The van der Waals surface area contributed by atoms with Crippen molar-refractivity contribution in [2.45, 2.75) is 17.5 Å².